The van der Waals surface area contributed by atoms with E-state index in [1.165, 1.54) is 5.69 Å². The molecule has 1 heterocycles. The molecule has 0 aliphatic heterocycles. The maximum absolute atomic E-state index is 5.62. The van der Waals surface area contributed by atoms with Crippen molar-refractivity contribution < 1.29 is 4.74 Å². The minimum atomic E-state index is 0.203. The monoisotopic (exact) mass is 254 g/mol. The van der Waals surface area contributed by atoms with Crippen LogP contribution in [0, 0.1) is 0 Å². The number of nitrogens with zero attached hydrogens (tertiary/aromatic N) is 2. The van der Waals surface area contributed by atoms with Gasteiger partial charge in [-0.25, -0.2) is 0 Å². The smallest absolute Gasteiger partial charge is 0.0624 e. The predicted molar refractivity (Wildman–Crippen MR) is 73.2 cm³/mol. The van der Waals surface area contributed by atoms with Crippen LogP contribution in [0.3, 0.4) is 0 Å². The van der Waals surface area contributed by atoms with Gasteiger partial charge in [0, 0.05) is 31.8 Å². The van der Waals surface area contributed by atoms with Crippen molar-refractivity contribution in [2.24, 2.45) is 5.84 Å². The Morgan fingerprint density at radius 3 is 2.72 bits per heavy atom. The van der Waals surface area contributed by atoms with Crippen LogP contribution >= 0.6 is 0 Å². The highest BCUT2D eigenvalue weighted by molar-refractivity contribution is 5.12. The Bertz CT molecular complexity index is 351. The van der Waals surface area contributed by atoms with Crippen LogP contribution in [0.25, 0.3) is 0 Å². The summed E-state index contributed by atoms with van der Waals surface area (Å²) in [6.45, 7) is 7.18. The van der Waals surface area contributed by atoms with Crippen LogP contribution < -0.4 is 11.3 Å². The first kappa shape index (κ1) is 15.1. The van der Waals surface area contributed by atoms with E-state index in [0.29, 0.717) is 0 Å². The van der Waals surface area contributed by atoms with Gasteiger partial charge in [0.05, 0.1) is 11.8 Å². The molecule has 0 radical (unpaired) electrons. The Morgan fingerprint density at radius 1 is 1.50 bits per heavy atom. The maximum atomic E-state index is 5.62. The standard InChI is InChI=1S/C13H26N4O/c1-5-11-8-13(17(6-2)16-11)9-12(15-14)7-10(3)18-4/h8,10,12,15H,5-7,9,14H2,1-4H3. The average Bonchev–Trinajstić information content (AvgIpc) is 2.79. The van der Waals surface area contributed by atoms with Crippen LogP contribution in [0.2, 0.25) is 0 Å². The quantitative estimate of drug-likeness (QED) is 0.541. The lowest BCUT2D eigenvalue weighted by Gasteiger charge is -2.19. The van der Waals surface area contributed by atoms with Crippen LogP contribution in [0.1, 0.15) is 38.6 Å². The molecule has 0 spiro atoms. The van der Waals surface area contributed by atoms with Crippen LogP contribution in [0.4, 0.5) is 0 Å². The summed E-state index contributed by atoms with van der Waals surface area (Å²) in [7, 11) is 1.73. The number of aryl methyl sites for hydroxylation is 2. The molecule has 18 heavy (non-hydrogen) atoms. The van der Waals surface area contributed by atoms with Gasteiger partial charge in [-0.3, -0.25) is 16.0 Å². The first-order valence-corrected chi connectivity index (χ1v) is 6.69. The van der Waals surface area contributed by atoms with Crippen molar-refractivity contribution in [3.63, 3.8) is 0 Å². The zero-order valence-electron chi connectivity index (χ0n) is 11.9. The van der Waals surface area contributed by atoms with E-state index >= 15 is 0 Å². The van der Waals surface area contributed by atoms with E-state index in [-0.39, 0.29) is 12.1 Å². The normalized spacial score (nSPS) is 14.7. The summed E-state index contributed by atoms with van der Waals surface area (Å²) in [4.78, 5) is 0. The second-order valence-corrected chi connectivity index (χ2v) is 4.65. The molecule has 0 aromatic carbocycles. The third-order valence-electron chi connectivity index (χ3n) is 3.29. The molecule has 0 saturated heterocycles. The minimum absolute atomic E-state index is 0.203. The van der Waals surface area contributed by atoms with E-state index in [1.807, 2.05) is 0 Å². The molecule has 2 atom stereocenters. The molecule has 0 amide bonds. The van der Waals surface area contributed by atoms with Gasteiger partial charge in [0.2, 0.25) is 0 Å². The van der Waals surface area contributed by atoms with Crippen LogP contribution in [0.5, 0.6) is 0 Å². The first-order chi connectivity index (χ1) is 8.64. The van der Waals surface area contributed by atoms with Gasteiger partial charge in [0.15, 0.2) is 0 Å². The van der Waals surface area contributed by atoms with Gasteiger partial charge in [-0.2, -0.15) is 5.10 Å². The average molecular weight is 254 g/mol. The SMILES string of the molecule is CCc1cc(CC(CC(C)OC)NN)n(CC)n1. The molecule has 1 aromatic rings. The molecule has 5 heteroatoms. The largest absolute Gasteiger partial charge is 0.382 e. The summed E-state index contributed by atoms with van der Waals surface area (Å²) in [5.41, 5.74) is 5.25. The number of methoxy groups -OCH3 is 1. The molecule has 1 aromatic heterocycles. The Labute approximate surface area is 110 Å². The molecule has 3 N–H and O–H groups in total. The third-order valence-corrected chi connectivity index (χ3v) is 3.29. The molecular weight excluding hydrogens is 228 g/mol. The molecule has 0 fully saturated rings. The van der Waals surface area contributed by atoms with E-state index < -0.39 is 0 Å². The van der Waals surface area contributed by atoms with E-state index in [9.17, 15) is 0 Å². The van der Waals surface area contributed by atoms with Crippen molar-refractivity contribution in [3.05, 3.63) is 17.5 Å². The van der Waals surface area contributed by atoms with Crippen LogP contribution in [-0.4, -0.2) is 29.0 Å². The lowest BCUT2D eigenvalue weighted by molar-refractivity contribution is 0.100. The number of nitrogens with two attached hydrogens (primary N) is 1. The van der Waals surface area contributed by atoms with Gasteiger partial charge in [-0.1, -0.05) is 6.92 Å². The summed E-state index contributed by atoms with van der Waals surface area (Å²) < 4.78 is 7.34. The second kappa shape index (κ2) is 7.51. The van der Waals surface area contributed by atoms with E-state index in [1.54, 1.807) is 7.11 Å². The van der Waals surface area contributed by atoms with Crippen molar-refractivity contribution in [2.45, 2.75) is 58.7 Å². The Morgan fingerprint density at radius 2 is 2.22 bits per heavy atom. The molecule has 1 rings (SSSR count). The predicted octanol–water partition coefficient (Wildman–Crippen LogP) is 1.26. The van der Waals surface area contributed by atoms with Crippen molar-refractivity contribution >= 4 is 0 Å². The van der Waals surface area contributed by atoms with Gasteiger partial charge in [0.25, 0.3) is 0 Å². The van der Waals surface area contributed by atoms with Gasteiger partial charge >= 0.3 is 0 Å². The van der Waals surface area contributed by atoms with Crippen molar-refractivity contribution in [2.75, 3.05) is 7.11 Å². The number of aromatic nitrogens is 2. The number of rotatable bonds is 8. The Balaban J connectivity index is 2.71. The maximum Gasteiger partial charge on any atom is 0.0624 e. The summed E-state index contributed by atoms with van der Waals surface area (Å²) in [6, 6.07) is 2.39. The first-order valence-electron chi connectivity index (χ1n) is 6.69. The van der Waals surface area contributed by atoms with E-state index in [0.717, 1.165) is 31.5 Å². The molecule has 0 aliphatic rings. The molecule has 0 bridgehead atoms. The van der Waals surface area contributed by atoms with Gasteiger partial charge in [0.1, 0.15) is 0 Å². The fourth-order valence-corrected chi connectivity index (χ4v) is 2.09. The lowest BCUT2D eigenvalue weighted by atomic mass is 10.0. The highest BCUT2D eigenvalue weighted by Gasteiger charge is 2.15. The van der Waals surface area contributed by atoms with Crippen molar-refractivity contribution in [1.82, 2.24) is 15.2 Å². The molecule has 0 aliphatic carbocycles. The van der Waals surface area contributed by atoms with E-state index in [2.05, 4.69) is 42.0 Å². The fourth-order valence-electron chi connectivity index (χ4n) is 2.09. The summed E-state index contributed by atoms with van der Waals surface area (Å²) in [6.07, 6.45) is 2.94. The second-order valence-electron chi connectivity index (χ2n) is 4.65. The summed E-state index contributed by atoms with van der Waals surface area (Å²) >= 11 is 0. The highest BCUT2D eigenvalue weighted by Crippen LogP contribution is 2.11. The molecule has 5 nitrogen and oxygen atoms in total. The Kier molecular flexibility index (Phi) is 6.32. The molecule has 104 valence electrons. The molecule has 0 saturated carbocycles. The van der Waals surface area contributed by atoms with Crippen LogP contribution in [-0.2, 0) is 24.1 Å². The number of hydrazine groups is 1. The fraction of sp³-hybridized carbons (Fsp3) is 0.769. The summed E-state index contributed by atoms with van der Waals surface area (Å²) in [5.74, 6) is 5.62. The number of hydrogen-bond donors (Lipinski definition) is 2. The van der Waals surface area contributed by atoms with Gasteiger partial charge < -0.3 is 4.74 Å². The summed E-state index contributed by atoms with van der Waals surface area (Å²) in [5, 5.41) is 4.55. The minimum Gasteiger partial charge on any atom is -0.382 e. The molecule has 2 unspecified atom stereocenters. The third kappa shape index (κ3) is 4.08. The van der Waals surface area contributed by atoms with Crippen LogP contribution in [0.15, 0.2) is 6.07 Å². The molecular formula is C13H26N4O. The van der Waals surface area contributed by atoms with Crippen molar-refractivity contribution in [1.29, 1.82) is 0 Å². The van der Waals surface area contributed by atoms with Gasteiger partial charge in [-0.15, -0.1) is 0 Å². The zero-order valence-corrected chi connectivity index (χ0v) is 11.9. The van der Waals surface area contributed by atoms with Gasteiger partial charge in [-0.05, 0) is 32.8 Å². The lowest BCUT2D eigenvalue weighted by Crippen LogP contribution is -2.39. The number of nitrogens with one attached hydrogen (secondary N) is 1. The number of ether oxygens (including phenoxy) is 1. The number of hydrogen-bond acceptors (Lipinski definition) is 4. The Hall–Kier alpha value is -0.910. The van der Waals surface area contributed by atoms with Crippen molar-refractivity contribution in [3.8, 4) is 0 Å². The highest BCUT2D eigenvalue weighted by atomic mass is 16.5. The zero-order chi connectivity index (χ0) is 13.5. The van der Waals surface area contributed by atoms with E-state index in [4.69, 9.17) is 10.6 Å². The topological polar surface area (TPSA) is 65.1 Å².